The number of halogens is 3. The first-order valence-electron chi connectivity index (χ1n) is 13.8. The number of rotatable bonds is 10. The van der Waals surface area contributed by atoms with Gasteiger partial charge in [0.2, 0.25) is 11.8 Å². The largest absolute Gasteiger partial charge is 0.352 e. The highest BCUT2D eigenvalue weighted by Gasteiger charge is 2.33. The summed E-state index contributed by atoms with van der Waals surface area (Å²) >= 11 is 12.3. The van der Waals surface area contributed by atoms with E-state index in [0.717, 1.165) is 42.0 Å². The summed E-state index contributed by atoms with van der Waals surface area (Å²) in [6, 6.07) is 15.4. The molecule has 0 saturated heterocycles. The van der Waals surface area contributed by atoms with Gasteiger partial charge in [-0.05, 0) is 63.1 Å². The Morgan fingerprint density at radius 3 is 2.29 bits per heavy atom. The van der Waals surface area contributed by atoms with E-state index < -0.39 is 34.3 Å². The molecule has 224 valence electrons. The van der Waals surface area contributed by atoms with Crippen molar-refractivity contribution in [1.29, 1.82) is 0 Å². The molecule has 0 radical (unpaired) electrons. The fourth-order valence-electron chi connectivity index (χ4n) is 4.97. The molecule has 0 aliphatic heterocycles. The summed E-state index contributed by atoms with van der Waals surface area (Å²) in [5.74, 6) is -1.61. The van der Waals surface area contributed by atoms with Crippen LogP contribution in [-0.2, 0) is 26.2 Å². The maximum atomic E-state index is 14.7. The molecule has 0 bridgehead atoms. The van der Waals surface area contributed by atoms with Crippen molar-refractivity contribution in [3.8, 4) is 0 Å². The molecule has 3 aromatic rings. The molecular weight excluding hydrogens is 600 g/mol. The third-order valence-electron chi connectivity index (χ3n) is 7.50. The maximum absolute atomic E-state index is 14.7. The van der Waals surface area contributed by atoms with Gasteiger partial charge in [-0.15, -0.1) is 0 Å². The fourth-order valence-corrected chi connectivity index (χ4v) is 6.67. The van der Waals surface area contributed by atoms with Crippen molar-refractivity contribution in [2.24, 2.45) is 0 Å². The molecule has 2 amide bonds. The third kappa shape index (κ3) is 7.62. The maximum Gasteiger partial charge on any atom is 0.264 e. The second-order valence-corrected chi connectivity index (χ2v) is 13.2. The van der Waals surface area contributed by atoms with Crippen LogP contribution in [0.2, 0.25) is 10.0 Å². The molecule has 0 aromatic heterocycles. The minimum absolute atomic E-state index is 0.00580. The SMILES string of the molecule is Cc1ccc(S(=O)(=O)N(CC(=O)N(Cc2ccccc2F)[C@@H](C)C(=O)NC2CCCCC2)c2ccc(Cl)c(Cl)c2)cc1. The zero-order chi connectivity index (χ0) is 30.4. The van der Waals surface area contributed by atoms with Crippen LogP contribution in [0.4, 0.5) is 10.1 Å². The van der Waals surface area contributed by atoms with Crippen molar-refractivity contribution < 1.29 is 22.4 Å². The van der Waals surface area contributed by atoms with Gasteiger partial charge in [0.1, 0.15) is 18.4 Å². The summed E-state index contributed by atoms with van der Waals surface area (Å²) < 4.78 is 43.5. The van der Waals surface area contributed by atoms with E-state index in [1.54, 1.807) is 25.1 Å². The Bertz CT molecular complexity index is 1530. The highest BCUT2D eigenvalue weighted by Crippen LogP contribution is 2.31. The van der Waals surface area contributed by atoms with Gasteiger partial charge in [-0.1, -0.05) is 78.4 Å². The predicted molar refractivity (Wildman–Crippen MR) is 164 cm³/mol. The van der Waals surface area contributed by atoms with Crippen molar-refractivity contribution in [3.05, 3.63) is 93.7 Å². The average molecular weight is 635 g/mol. The van der Waals surface area contributed by atoms with Crippen molar-refractivity contribution in [3.63, 3.8) is 0 Å². The van der Waals surface area contributed by atoms with Crippen LogP contribution in [0.1, 0.15) is 50.2 Å². The fraction of sp³-hybridized carbons (Fsp3) is 0.355. The first-order valence-corrected chi connectivity index (χ1v) is 16.0. The van der Waals surface area contributed by atoms with Gasteiger partial charge in [0, 0.05) is 18.2 Å². The molecule has 1 saturated carbocycles. The Morgan fingerprint density at radius 1 is 0.976 bits per heavy atom. The van der Waals surface area contributed by atoms with E-state index >= 15 is 0 Å². The molecule has 1 atom stereocenters. The number of carbonyl (C=O) groups excluding carboxylic acids is 2. The van der Waals surface area contributed by atoms with E-state index in [0.29, 0.717) is 0 Å². The lowest BCUT2D eigenvalue weighted by Crippen LogP contribution is -2.53. The standard InChI is InChI=1S/C31H34Cl2FN3O4S/c1-21-12-15-26(16-13-21)42(40,41)37(25-14-17-27(32)28(33)18-25)20-30(38)36(19-23-8-6-7-11-29(23)34)22(2)31(39)35-24-9-4-3-5-10-24/h6-8,11-18,22,24H,3-5,9-10,19-20H2,1-2H3,(H,35,39)/t22-/m0/s1. The molecule has 0 heterocycles. The molecule has 11 heteroatoms. The predicted octanol–water partition coefficient (Wildman–Crippen LogP) is 6.50. The van der Waals surface area contributed by atoms with E-state index in [9.17, 15) is 22.4 Å². The summed E-state index contributed by atoms with van der Waals surface area (Å²) in [5, 5.41) is 3.35. The Labute approximate surface area is 256 Å². The van der Waals surface area contributed by atoms with Crippen LogP contribution in [0.5, 0.6) is 0 Å². The quantitative estimate of drug-likeness (QED) is 0.276. The Hall–Kier alpha value is -3.14. The van der Waals surface area contributed by atoms with Crippen molar-refractivity contribution in [1.82, 2.24) is 10.2 Å². The lowest BCUT2D eigenvalue weighted by molar-refractivity contribution is -0.139. The molecule has 4 rings (SSSR count). The first kappa shape index (κ1) is 31.8. The number of hydrogen-bond donors (Lipinski definition) is 1. The average Bonchev–Trinajstić information content (AvgIpc) is 2.97. The van der Waals surface area contributed by atoms with Crippen LogP contribution in [0.25, 0.3) is 0 Å². The summed E-state index contributed by atoms with van der Waals surface area (Å²) in [6.45, 7) is 2.50. The van der Waals surface area contributed by atoms with Gasteiger partial charge >= 0.3 is 0 Å². The second kappa shape index (κ2) is 13.9. The Morgan fingerprint density at radius 2 is 1.64 bits per heavy atom. The number of hydrogen-bond acceptors (Lipinski definition) is 4. The normalized spacial score (nSPS) is 14.7. The van der Waals surface area contributed by atoms with Gasteiger partial charge in [-0.25, -0.2) is 12.8 Å². The topological polar surface area (TPSA) is 86.8 Å². The zero-order valence-corrected chi connectivity index (χ0v) is 25.9. The van der Waals surface area contributed by atoms with E-state index in [4.69, 9.17) is 23.2 Å². The molecule has 1 N–H and O–H groups in total. The number of anilines is 1. The molecular formula is C31H34Cl2FN3O4S. The van der Waals surface area contributed by atoms with Crippen LogP contribution in [0.15, 0.2) is 71.6 Å². The van der Waals surface area contributed by atoms with E-state index in [1.807, 2.05) is 6.92 Å². The summed E-state index contributed by atoms with van der Waals surface area (Å²) in [5.41, 5.74) is 1.18. The number of amides is 2. The first-order chi connectivity index (χ1) is 20.0. The molecule has 1 aliphatic carbocycles. The minimum Gasteiger partial charge on any atom is -0.352 e. The molecule has 0 spiro atoms. The zero-order valence-electron chi connectivity index (χ0n) is 23.5. The smallest absolute Gasteiger partial charge is 0.264 e. The number of nitrogens with zero attached hydrogens (tertiary/aromatic N) is 2. The Kier molecular flexibility index (Phi) is 10.5. The number of sulfonamides is 1. The van der Waals surface area contributed by atoms with Gasteiger partial charge < -0.3 is 10.2 Å². The molecule has 0 unspecified atom stereocenters. The lowest BCUT2D eigenvalue weighted by atomic mass is 9.95. The van der Waals surface area contributed by atoms with Gasteiger partial charge in [0.25, 0.3) is 10.0 Å². The van der Waals surface area contributed by atoms with Crippen molar-refractivity contribution >= 4 is 50.7 Å². The number of nitrogens with one attached hydrogen (secondary N) is 1. The van der Waals surface area contributed by atoms with Gasteiger partial charge in [-0.3, -0.25) is 13.9 Å². The van der Waals surface area contributed by atoms with Crippen LogP contribution >= 0.6 is 23.2 Å². The minimum atomic E-state index is -4.27. The lowest BCUT2D eigenvalue weighted by Gasteiger charge is -2.33. The molecule has 1 fully saturated rings. The van der Waals surface area contributed by atoms with E-state index in [1.165, 1.54) is 53.4 Å². The summed E-state index contributed by atoms with van der Waals surface area (Å²) in [4.78, 5) is 28.6. The summed E-state index contributed by atoms with van der Waals surface area (Å²) in [6.07, 6.45) is 4.82. The van der Waals surface area contributed by atoms with Crippen LogP contribution in [0.3, 0.4) is 0 Å². The van der Waals surface area contributed by atoms with Gasteiger partial charge in [0.15, 0.2) is 0 Å². The Balaban J connectivity index is 1.70. The van der Waals surface area contributed by atoms with Crippen LogP contribution in [-0.4, -0.2) is 43.8 Å². The molecule has 3 aromatic carbocycles. The number of aryl methyl sites for hydroxylation is 1. The highest BCUT2D eigenvalue weighted by atomic mass is 35.5. The summed E-state index contributed by atoms with van der Waals surface area (Å²) in [7, 11) is -4.27. The van der Waals surface area contributed by atoms with E-state index in [-0.39, 0.29) is 44.7 Å². The highest BCUT2D eigenvalue weighted by molar-refractivity contribution is 7.92. The third-order valence-corrected chi connectivity index (χ3v) is 10.0. The monoisotopic (exact) mass is 633 g/mol. The van der Waals surface area contributed by atoms with Crippen molar-refractivity contribution in [2.45, 2.75) is 69.5 Å². The van der Waals surface area contributed by atoms with Crippen LogP contribution < -0.4 is 9.62 Å². The van der Waals surface area contributed by atoms with Crippen LogP contribution in [0, 0.1) is 12.7 Å². The number of carbonyl (C=O) groups is 2. The molecule has 1 aliphatic rings. The second-order valence-electron chi connectivity index (χ2n) is 10.6. The van der Waals surface area contributed by atoms with Gasteiger partial charge in [-0.2, -0.15) is 0 Å². The number of benzene rings is 3. The molecule has 7 nitrogen and oxygen atoms in total. The van der Waals surface area contributed by atoms with Crippen molar-refractivity contribution in [2.75, 3.05) is 10.8 Å². The van der Waals surface area contributed by atoms with Gasteiger partial charge in [0.05, 0.1) is 20.6 Å². The van der Waals surface area contributed by atoms with E-state index in [2.05, 4.69) is 5.32 Å². The molecule has 42 heavy (non-hydrogen) atoms.